The molecule has 0 aliphatic heterocycles. The second-order valence-corrected chi connectivity index (χ2v) is 3.53. The van der Waals surface area contributed by atoms with Gasteiger partial charge in [-0.3, -0.25) is 4.79 Å². The largest absolute Gasteiger partial charge is 0.463 e. The summed E-state index contributed by atoms with van der Waals surface area (Å²) in [7, 11) is 0. The van der Waals surface area contributed by atoms with Crippen molar-refractivity contribution >= 4 is 5.97 Å². The van der Waals surface area contributed by atoms with Crippen molar-refractivity contribution in [3.05, 3.63) is 0 Å². The molecule has 0 atom stereocenters. The lowest BCUT2D eigenvalue weighted by atomic mass is 10.3. The first-order valence-electron chi connectivity index (χ1n) is 6.31. The number of aliphatic hydroxyl groups excluding tert-OH is 1. The highest BCUT2D eigenvalue weighted by Gasteiger charge is 1.99. The van der Waals surface area contributed by atoms with Gasteiger partial charge in [0, 0.05) is 6.42 Å². The van der Waals surface area contributed by atoms with Gasteiger partial charge >= 0.3 is 5.97 Å². The van der Waals surface area contributed by atoms with Gasteiger partial charge in [0.25, 0.3) is 0 Å². The van der Waals surface area contributed by atoms with Crippen LogP contribution in [0.15, 0.2) is 0 Å². The highest BCUT2D eigenvalue weighted by molar-refractivity contribution is 5.69. The Morgan fingerprint density at radius 3 is 1.89 bits per heavy atom. The third-order valence-corrected chi connectivity index (χ3v) is 1.92. The Morgan fingerprint density at radius 2 is 1.39 bits per heavy atom. The zero-order valence-corrected chi connectivity index (χ0v) is 11.1. The standard InChI is InChI=1S/C12H24O6/c1-2-3-12(14)18-11-10-17-9-8-16-7-6-15-5-4-13/h13H,2-11H2,1H3. The molecule has 0 aromatic carbocycles. The van der Waals surface area contributed by atoms with E-state index in [0.717, 1.165) is 6.42 Å². The minimum absolute atomic E-state index is 0.0276. The van der Waals surface area contributed by atoms with Crippen LogP contribution in [-0.2, 0) is 23.7 Å². The van der Waals surface area contributed by atoms with Crippen LogP contribution in [0.3, 0.4) is 0 Å². The molecule has 0 bridgehead atoms. The van der Waals surface area contributed by atoms with Gasteiger partial charge in [-0.25, -0.2) is 0 Å². The van der Waals surface area contributed by atoms with E-state index in [2.05, 4.69) is 0 Å². The molecule has 0 aliphatic carbocycles. The molecular formula is C12H24O6. The smallest absolute Gasteiger partial charge is 0.305 e. The summed E-state index contributed by atoms with van der Waals surface area (Å²) in [6.45, 7) is 4.86. The number of esters is 1. The highest BCUT2D eigenvalue weighted by Crippen LogP contribution is 1.91. The maximum atomic E-state index is 11.0. The lowest BCUT2D eigenvalue weighted by Crippen LogP contribution is -2.14. The molecule has 18 heavy (non-hydrogen) atoms. The molecule has 108 valence electrons. The molecule has 1 N–H and O–H groups in total. The van der Waals surface area contributed by atoms with E-state index in [1.807, 2.05) is 6.92 Å². The maximum absolute atomic E-state index is 11.0. The Labute approximate surface area is 108 Å². The number of carbonyl (C=O) groups excluding carboxylic acids is 1. The number of ether oxygens (including phenoxy) is 4. The van der Waals surface area contributed by atoms with Crippen molar-refractivity contribution < 1.29 is 28.8 Å². The van der Waals surface area contributed by atoms with Crippen LogP contribution in [-0.4, -0.2) is 63.9 Å². The number of hydrogen-bond donors (Lipinski definition) is 1. The summed E-state index contributed by atoms with van der Waals surface area (Å²) in [6.07, 6.45) is 1.25. The quantitative estimate of drug-likeness (QED) is 0.383. The lowest BCUT2D eigenvalue weighted by molar-refractivity contribution is -0.145. The minimum Gasteiger partial charge on any atom is -0.463 e. The van der Waals surface area contributed by atoms with Gasteiger partial charge in [-0.15, -0.1) is 0 Å². The van der Waals surface area contributed by atoms with Crippen LogP contribution in [0.4, 0.5) is 0 Å². The molecule has 0 unspecified atom stereocenters. The number of rotatable bonds is 13. The molecule has 0 saturated carbocycles. The molecule has 0 radical (unpaired) electrons. The van der Waals surface area contributed by atoms with Crippen LogP contribution in [0.5, 0.6) is 0 Å². The van der Waals surface area contributed by atoms with E-state index >= 15 is 0 Å². The summed E-state index contributed by atoms with van der Waals surface area (Å²) >= 11 is 0. The van der Waals surface area contributed by atoms with Crippen molar-refractivity contribution in [1.82, 2.24) is 0 Å². The van der Waals surface area contributed by atoms with Gasteiger partial charge in [0.15, 0.2) is 0 Å². The van der Waals surface area contributed by atoms with Crippen LogP contribution < -0.4 is 0 Å². The fraction of sp³-hybridized carbons (Fsp3) is 0.917. The van der Waals surface area contributed by atoms with Crippen molar-refractivity contribution in [2.45, 2.75) is 19.8 Å². The van der Waals surface area contributed by atoms with Crippen LogP contribution in [0.2, 0.25) is 0 Å². The summed E-state index contributed by atoms with van der Waals surface area (Å²) < 4.78 is 20.3. The Balaban J connectivity index is 3.01. The van der Waals surface area contributed by atoms with E-state index in [0.29, 0.717) is 52.7 Å². The lowest BCUT2D eigenvalue weighted by Gasteiger charge is -2.07. The topological polar surface area (TPSA) is 74.2 Å². The number of carbonyl (C=O) groups is 1. The first-order valence-corrected chi connectivity index (χ1v) is 6.31. The second kappa shape index (κ2) is 14.4. The van der Waals surface area contributed by atoms with E-state index < -0.39 is 0 Å². The predicted octanol–water partition coefficient (Wildman–Crippen LogP) is 0.372. The number of aliphatic hydroxyl groups is 1. The number of hydrogen-bond acceptors (Lipinski definition) is 6. The van der Waals surface area contributed by atoms with Crippen molar-refractivity contribution in [2.24, 2.45) is 0 Å². The van der Waals surface area contributed by atoms with E-state index in [-0.39, 0.29) is 12.6 Å². The fourth-order valence-electron chi connectivity index (χ4n) is 1.10. The summed E-state index contributed by atoms with van der Waals surface area (Å²) in [5.41, 5.74) is 0. The van der Waals surface area contributed by atoms with E-state index in [1.165, 1.54) is 0 Å². The molecule has 0 saturated heterocycles. The maximum Gasteiger partial charge on any atom is 0.305 e. The van der Waals surface area contributed by atoms with Gasteiger partial charge in [-0.1, -0.05) is 6.92 Å². The first kappa shape index (κ1) is 17.3. The molecule has 0 aromatic heterocycles. The van der Waals surface area contributed by atoms with Crippen LogP contribution in [0.1, 0.15) is 19.8 Å². The fourth-order valence-corrected chi connectivity index (χ4v) is 1.10. The first-order chi connectivity index (χ1) is 8.81. The highest BCUT2D eigenvalue weighted by atomic mass is 16.6. The van der Waals surface area contributed by atoms with E-state index in [1.54, 1.807) is 0 Å². The van der Waals surface area contributed by atoms with E-state index in [4.69, 9.17) is 24.1 Å². The molecule has 6 heteroatoms. The van der Waals surface area contributed by atoms with E-state index in [9.17, 15) is 4.79 Å². The Kier molecular flexibility index (Phi) is 13.8. The molecular weight excluding hydrogens is 240 g/mol. The molecule has 0 fully saturated rings. The third kappa shape index (κ3) is 13.4. The van der Waals surface area contributed by atoms with Gasteiger partial charge in [0.05, 0.1) is 46.2 Å². The molecule has 6 nitrogen and oxygen atoms in total. The molecule has 0 spiro atoms. The molecule has 0 aliphatic rings. The normalized spacial score (nSPS) is 10.6. The second-order valence-electron chi connectivity index (χ2n) is 3.53. The zero-order valence-electron chi connectivity index (χ0n) is 11.1. The summed E-state index contributed by atoms with van der Waals surface area (Å²) in [5, 5.41) is 8.44. The molecule has 0 amide bonds. The average Bonchev–Trinajstić information content (AvgIpc) is 2.36. The predicted molar refractivity (Wildman–Crippen MR) is 65.4 cm³/mol. The average molecular weight is 264 g/mol. The minimum atomic E-state index is -0.182. The van der Waals surface area contributed by atoms with Gasteiger partial charge in [-0.05, 0) is 6.42 Å². The van der Waals surface area contributed by atoms with Gasteiger partial charge in [-0.2, -0.15) is 0 Å². The van der Waals surface area contributed by atoms with Gasteiger partial charge in [0.2, 0.25) is 0 Å². The van der Waals surface area contributed by atoms with Crippen LogP contribution in [0.25, 0.3) is 0 Å². The van der Waals surface area contributed by atoms with Crippen molar-refractivity contribution in [1.29, 1.82) is 0 Å². The molecule has 0 heterocycles. The van der Waals surface area contributed by atoms with Crippen LogP contribution >= 0.6 is 0 Å². The Bertz CT molecular complexity index is 185. The third-order valence-electron chi connectivity index (χ3n) is 1.92. The molecule has 0 rings (SSSR count). The summed E-state index contributed by atoms with van der Waals surface area (Å²) in [5.74, 6) is -0.182. The van der Waals surface area contributed by atoms with Crippen LogP contribution in [0, 0.1) is 0 Å². The van der Waals surface area contributed by atoms with Gasteiger partial charge < -0.3 is 24.1 Å². The monoisotopic (exact) mass is 264 g/mol. The Morgan fingerprint density at radius 1 is 0.889 bits per heavy atom. The SMILES string of the molecule is CCCC(=O)OCCOCCOCCOCCO. The summed E-state index contributed by atoms with van der Waals surface area (Å²) in [6, 6.07) is 0. The van der Waals surface area contributed by atoms with Crippen molar-refractivity contribution in [3.63, 3.8) is 0 Å². The Hall–Kier alpha value is -0.690. The van der Waals surface area contributed by atoms with Crippen molar-refractivity contribution in [3.8, 4) is 0 Å². The molecule has 0 aromatic rings. The van der Waals surface area contributed by atoms with Crippen molar-refractivity contribution in [2.75, 3.05) is 52.9 Å². The summed E-state index contributed by atoms with van der Waals surface area (Å²) in [4.78, 5) is 11.0. The van der Waals surface area contributed by atoms with Gasteiger partial charge in [0.1, 0.15) is 6.61 Å². The zero-order chi connectivity index (χ0) is 13.5.